The summed E-state index contributed by atoms with van der Waals surface area (Å²) in [5.41, 5.74) is 1.31. The Morgan fingerprint density at radius 1 is 0.938 bits per heavy atom. The van der Waals surface area contributed by atoms with Gasteiger partial charge in [0, 0.05) is 19.3 Å². The van der Waals surface area contributed by atoms with Crippen LogP contribution in [-0.2, 0) is 0 Å². The average molecular weight is 220 g/mol. The van der Waals surface area contributed by atoms with E-state index in [1.165, 1.54) is 31.6 Å². The molecule has 0 aliphatic carbocycles. The van der Waals surface area contributed by atoms with Gasteiger partial charge in [0.1, 0.15) is 0 Å². The summed E-state index contributed by atoms with van der Waals surface area (Å²) >= 11 is 0. The molecule has 0 amide bonds. The Bertz CT molecular complexity index is 271. The van der Waals surface area contributed by atoms with E-state index in [-0.39, 0.29) is 0 Å². The molecular weight excluding hydrogens is 196 g/mol. The molecule has 2 heteroatoms. The first kappa shape index (κ1) is 13.0. The number of nitrogens with zero attached hydrogens (tertiary/aromatic N) is 2. The number of hydrogen-bond acceptors (Lipinski definition) is 2. The van der Waals surface area contributed by atoms with Crippen molar-refractivity contribution in [3.63, 3.8) is 0 Å². The molecule has 1 aromatic carbocycles. The normalized spacial score (nSPS) is 10.8. The molecule has 0 aromatic heterocycles. The summed E-state index contributed by atoms with van der Waals surface area (Å²) in [4.78, 5) is 4.72. The predicted octanol–water partition coefficient (Wildman–Crippen LogP) is 2.85. The summed E-state index contributed by atoms with van der Waals surface area (Å²) in [5, 5.41) is 0. The smallest absolute Gasteiger partial charge is 0.0363 e. The van der Waals surface area contributed by atoms with Gasteiger partial charge in [-0.15, -0.1) is 0 Å². The van der Waals surface area contributed by atoms with Gasteiger partial charge in [0.15, 0.2) is 0 Å². The van der Waals surface area contributed by atoms with E-state index in [4.69, 9.17) is 0 Å². The molecule has 16 heavy (non-hydrogen) atoms. The highest BCUT2D eigenvalue weighted by molar-refractivity contribution is 5.44. The third-order valence-corrected chi connectivity index (χ3v) is 2.84. The van der Waals surface area contributed by atoms with Crippen molar-refractivity contribution in [3.05, 3.63) is 30.3 Å². The van der Waals surface area contributed by atoms with Gasteiger partial charge >= 0.3 is 0 Å². The van der Waals surface area contributed by atoms with E-state index in [1.807, 2.05) is 0 Å². The molecule has 0 saturated carbocycles. The summed E-state index contributed by atoms with van der Waals surface area (Å²) in [6.07, 6.45) is 2.47. The number of para-hydroxylation sites is 1. The minimum atomic E-state index is 1.12. The molecule has 0 saturated heterocycles. The van der Waals surface area contributed by atoms with E-state index >= 15 is 0 Å². The van der Waals surface area contributed by atoms with Gasteiger partial charge < -0.3 is 9.80 Å². The minimum Gasteiger partial charge on any atom is -0.375 e. The van der Waals surface area contributed by atoms with Crippen LogP contribution in [0, 0.1) is 0 Å². The second-order valence-corrected chi connectivity index (χ2v) is 4.41. The van der Waals surface area contributed by atoms with Crippen LogP contribution < -0.4 is 4.90 Å². The van der Waals surface area contributed by atoms with Crippen molar-refractivity contribution >= 4 is 5.69 Å². The van der Waals surface area contributed by atoms with E-state index in [0.29, 0.717) is 0 Å². The molecule has 0 atom stereocenters. The maximum absolute atomic E-state index is 2.40. The van der Waals surface area contributed by atoms with E-state index in [9.17, 15) is 0 Å². The first-order chi connectivity index (χ1) is 7.74. The maximum atomic E-state index is 2.40. The highest BCUT2D eigenvalue weighted by Crippen LogP contribution is 2.10. The zero-order chi connectivity index (χ0) is 11.8. The summed E-state index contributed by atoms with van der Waals surface area (Å²) < 4.78 is 0. The van der Waals surface area contributed by atoms with Gasteiger partial charge in [0.2, 0.25) is 0 Å². The summed E-state index contributed by atoms with van der Waals surface area (Å²) in [7, 11) is 4.36. The van der Waals surface area contributed by atoms with Crippen LogP contribution in [0.15, 0.2) is 30.3 Å². The van der Waals surface area contributed by atoms with Crippen LogP contribution in [0.2, 0.25) is 0 Å². The van der Waals surface area contributed by atoms with Crippen LogP contribution in [0.25, 0.3) is 0 Å². The molecular formula is C14H24N2. The summed E-state index contributed by atoms with van der Waals surface area (Å²) in [6.45, 7) is 5.74. The van der Waals surface area contributed by atoms with Crippen molar-refractivity contribution in [1.82, 2.24) is 4.90 Å². The standard InChI is InChI=1S/C14H24N2/c1-4-11-15(2)12-8-13-16(3)14-9-6-5-7-10-14/h5-7,9-10H,4,8,11-13H2,1-3H3. The van der Waals surface area contributed by atoms with Crippen LogP contribution in [0.1, 0.15) is 19.8 Å². The lowest BCUT2D eigenvalue weighted by Crippen LogP contribution is -2.25. The Morgan fingerprint density at radius 2 is 1.62 bits per heavy atom. The fourth-order valence-corrected chi connectivity index (χ4v) is 1.88. The van der Waals surface area contributed by atoms with E-state index in [1.54, 1.807) is 0 Å². The van der Waals surface area contributed by atoms with Crippen molar-refractivity contribution in [2.24, 2.45) is 0 Å². The predicted molar refractivity (Wildman–Crippen MR) is 72.1 cm³/mol. The van der Waals surface area contributed by atoms with Gasteiger partial charge in [-0.05, 0) is 45.1 Å². The lowest BCUT2D eigenvalue weighted by molar-refractivity contribution is 0.331. The first-order valence-corrected chi connectivity index (χ1v) is 6.18. The lowest BCUT2D eigenvalue weighted by atomic mass is 10.3. The summed E-state index contributed by atoms with van der Waals surface area (Å²) in [5.74, 6) is 0. The molecule has 0 spiro atoms. The molecule has 1 rings (SSSR count). The molecule has 1 aromatic rings. The minimum absolute atomic E-state index is 1.12. The monoisotopic (exact) mass is 220 g/mol. The molecule has 2 nitrogen and oxygen atoms in total. The molecule has 0 fully saturated rings. The molecule has 0 aliphatic heterocycles. The zero-order valence-corrected chi connectivity index (χ0v) is 10.8. The average Bonchev–Trinajstić information content (AvgIpc) is 2.30. The van der Waals surface area contributed by atoms with Gasteiger partial charge in [-0.2, -0.15) is 0 Å². The van der Waals surface area contributed by atoms with Crippen LogP contribution in [0.5, 0.6) is 0 Å². The Kier molecular flexibility index (Phi) is 5.94. The second-order valence-electron chi connectivity index (χ2n) is 4.41. The van der Waals surface area contributed by atoms with Gasteiger partial charge in [-0.25, -0.2) is 0 Å². The van der Waals surface area contributed by atoms with Crippen molar-refractivity contribution in [2.75, 3.05) is 38.6 Å². The van der Waals surface area contributed by atoms with Gasteiger partial charge in [0.25, 0.3) is 0 Å². The third-order valence-electron chi connectivity index (χ3n) is 2.84. The molecule has 0 heterocycles. The SMILES string of the molecule is CCCN(C)CCCN(C)c1ccccc1. The second kappa shape index (κ2) is 7.29. The van der Waals surface area contributed by atoms with Crippen LogP contribution >= 0.6 is 0 Å². The maximum Gasteiger partial charge on any atom is 0.0363 e. The van der Waals surface area contributed by atoms with E-state index < -0.39 is 0 Å². The van der Waals surface area contributed by atoms with Gasteiger partial charge in [-0.3, -0.25) is 0 Å². The molecule has 0 aliphatic rings. The van der Waals surface area contributed by atoms with Crippen molar-refractivity contribution in [3.8, 4) is 0 Å². The van der Waals surface area contributed by atoms with Crippen molar-refractivity contribution < 1.29 is 0 Å². The highest BCUT2D eigenvalue weighted by Gasteiger charge is 2.00. The summed E-state index contributed by atoms with van der Waals surface area (Å²) in [6, 6.07) is 10.6. The van der Waals surface area contributed by atoms with Crippen LogP contribution in [-0.4, -0.2) is 38.6 Å². The van der Waals surface area contributed by atoms with Crippen molar-refractivity contribution in [2.45, 2.75) is 19.8 Å². The Hall–Kier alpha value is -1.02. The lowest BCUT2D eigenvalue weighted by Gasteiger charge is -2.21. The zero-order valence-electron chi connectivity index (χ0n) is 10.8. The third kappa shape index (κ3) is 4.67. The van der Waals surface area contributed by atoms with E-state index in [0.717, 1.165) is 6.54 Å². The van der Waals surface area contributed by atoms with Crippen LogP contribution in [0.4, 0.5) is 5.69 Å². The Balaban J connectivity index is 2.23. The number of rotatable bonds is 7. The van der Waals surface area contributed by atoms with E-state index in [2.05, 4.69) is 61.2 Å². The molecule has 90 valence electrons. The Morgan fingerprint density at radius 3 is 2.25 bits per heavy atom. The molecule has 0 bridgehead atoms. The number of benzene rings is 1. The number of anilines is 1. The Labute approximate surface area is 99.9 Å². The largest absolute Gasteiger partial charge is 0.375 e. The molecule has 0 N–H and O–H groups in total. The molecule has 0 radical (unpaired) electrons. The molecule has 0 unspecified atom stereocenters. The fraction of sp³-hybridized carbons (Fsp3) is 0.571. The van der Waals surface area contributed by atoms with Crippen LogP contribution in [0.3, 0.4) is 0 Å². The topological polar surface area (TPSA) is 6.48 Å². The van der Waals surface area contributed by atoms with Gasteiger partial charge in [-0.1, -0.05) is 25.1 Å². The highest BCUT2D eigenvalue weighted by atomic mass is 15.1. The quantitative estimate of drug-likeness (QED) is 0.697. The number of hydrogen-bond donors (Lipinski definition) is 0. The van der Waals surface area contributed by atoms with Crippen molar-refractivity contribution in [1.29, 1.82) is 0 Å². The van der Waals surface area contributed by atoms with Gasteiger partial charge in [0.05, 0.1) is 0 Å². The fourth-order valence-electron chi connectivity index (χ4n) is 1.88. The first-order valence-electron chi connectivity index (χ1n) is 6.18.